The minimum absolute atomic E-state index is 0.152. The molecule has 0 fully saturated rings. The standard InChI is InChI=1S/C23H22FNO3/c1-27-21-11-7-17(8-12-21)13-14-25-23(26)19-3-2-4-22(15-19)28-16-18-5-9-20(24)10-6-18/h2-12,15H,13-14,16H2,1H3,(H,25,26). The van der Waals surface area contributed by atoms with Gasteiger partial charge in [0.15, 0.2) is 0 Å². The zero-order valence-electron chi connectivity index (χ0n) is 15.7. The highest BCUT2D eigenvalue weighted by Gasteiger charge is 2.07. The molecule has 0 aliphatic carbocycles. The Morgan fingerprint density at radius 3 is 2.36 bits per heavy atom. The van der Waals surface area contributed by atoms with Crippen LogP contribution in [0.3, 0.4) is 0 Å². The van der Waals surface area contributed by atoms with Crippen molar-refractivity contribution in [3.8, 4) is 11.5 Å². The molecular weight excluding hydrogens is 357 g/mol. The van der Waals surface area contributed by atoms with Crippen LogP contribution in [0.15, 0.2) is 72.8 Å². The smallest absolute Gasteiger partial charge is 0.251 e. The van der Waals surface area contributed by atoms with Crippen molar-refractivity contribution < 1.29 is 18.7 Å². The maximum Gasteiger partial charge on any atom is 0.251 e. The zero-order chi connectivity index (χ0) is 19.8. The summed E-state index contributed by atoms with van der Waals surface area (Å²) in [5.74, 6) is 0.968. The minimum Gasteiger partial charge on any atom is -0.497 e. The fraction of sp³-hybridized carbons (Fsp3) is 0.174. The SMILES string of the molecule is COc1ccc(CCNC(=O)c2cccc(OCc3ccc(F)cc3)c2)cc1. The molecule has 0 atom stereocenters. The molecule has 1 N–H and O–H groups in total. The number of ether oxygens (including phenoxy) is 2. The van der Waals surface area contributed by atoms with E-state index in [-0.39, 0.29) is 11.7 Å². The van der Waals surface area contributed by atoms with Gasteiger partial charge in [-0.15, -0.1) is 0 Å². The molecule has 5 heteroatoms. The molecule has 3 aromatic rings. The summed E-state index contributed by atoms with van der Waals surface area (Å²) >= 11 is 0. The molecular formula is C23H22FNO3. The Kier molecular flexibility index (Phi) is 6.63. The second-order valence-corrected chi connectivity index (χ2v) is 6.30. The summed E-state index contributed by atoms with van der Waals surface area (Å²) in [6, 6.07) is 20.9. The Morgan fingerprint density at radius 1 is 0.929 bits per heavy atom. The number of nitrogens with one attached hydrogen (secondary N) is 1. The third-order valence-corrected chi connectivity index (χ3v) is 4.27. The number of benzene rings is 3. The van der Waals surface area contributed by atoms with E-state index in [4.69, 9.17) is 9.47 Å². The van der Waals surface area contributed by atoms with E-state index >= 15 is 0 Å². The average Bonchev–Trinajstić information content (AvgIpc) is 2.74. The second-order valence-electron chi connectivity index (χ2n) is 6.30. The van der Waals surface area contributed by atoms with Crippen molar-refractivity contribution in [1.82, 2.24) is 5.32 Å². The summed E-state index contributed by atoms with van der Waals surface area (Å²) in [6.45, 7) is 0.842. The molecule has 3 rings (SSSR count). The first-order valence-electron chi connectivity index (χ1n) is 9.02. The topological polar surface area (TPSA) is 47.6 Å². The van der Waals surface area contributed by atoms with Crippen molar-refractivity contribution >= 4 is 5.91 Å². The Morgan fingerprint density at radius 2 is 1.64 bits per heavy atom. The van der Waals surface area contributed by atoms with Crippen LogP contribution in [0.5, 0.6) is 11.5 Å². The lowest BCUT2D eigenvalue weighted by Crippen LogP contribution is -2.25. The van der Waals surface area contributed by atoms with E-state index in [2.05, 4.69) is 5.32 Å². The van der Waals surface area contributed by atoms with Crippen molar-refractivity contribution in [1.29, 1.82) is 0 Å². The largest absolute Gasteiger partial charge is 0.497 e. The molecule has 144 valence electrons. The van der Waals surface area contributed by atoms with Gasteiger partial charge in [-0.3, -0.25) is 4.79 Å². The highest BCUT2D eigenvalue weighted by Crippen LogP contribution is 2.16. The summed E-state index contributed by atoms with van der Waals surface area (Å²) in [5.41, 5.74) is 2.51. The number of carbonyl (C=O) groups is 1. The fourth-order valence-corrected chi connectivity index (χ4v) is 2.69. The number of carbonyl (C=O) groups excluding carboxylic acids is 1. The maximum atomic E-state index is 12.9. The zero-order valence-corrected chi connectivity index (χ0v) is 15.7. The van der Waals surface area contributed by atoms with Gasteiger partial charge in [0.05, 0.1) is 7.11 Å². The van der Waals surface area contributed by atoms with Gasteiger partial charge in [-0.1, -0.05) is 30.3 Å². The van der Waals surface area contributed by atoms with Gasteiger partial charge in [0.25, 0.3) is 5.91 Å². The molecule has 4 nitrogen and oxygen atoms in total. The number of rotatable bonds is 8. The van der Waals surface area contributed by atoms with Gasteiger partial charge >= 0.3 is 0 Å². The monoisotopic (exact) mass is 379 g/mol. The highest BCUT2D eigenvalue weighted by atomic mass is 19.1. The van der Waals surface area contributed by atoms with Crippen LogP contribution in [0.4, 0.5) is 4.39 Å². The summed E-state index contributed by atoms with van der Waals surface area (Å²) in [6.07, 6.45) is 0.733. The van der Waals surface area contributed by atoms with Crippen LogP contribution >= 0.6 is 0 Å². The Labute approximate surface area is 163 Å². The van der Waals surface area contributed by atoms with Crippen LogP contribution in [-0.2, 0) is 13.0 Å². The molecule has 0 aliphatic rings. The summed E-state index contributed by atoms with van der Waals surface area (Å²) in [7, 11) is 1.63. The van der Waals surface area contributed by atoms with E-state index < -0.39 is 0 Å². The van der Waals surface area contributed by atoms with Gasteiger partial charge < -0.3 is 14.8 Å². The number of amides is 1. The lowest BCUT2D eigenvalue weighted by molar-refractivity contribution is 0.0953. The third-order valence-electron chi connectivity index (χ3n) is 4.27. The Hall–Kier alpha value is -3.34. The van der Waals surface area contributed by atoms with Gasteiger partial charge in [-0.05, 0) is 60.0 Å². The summed E-state index contributed by atoms with van der Waals surface area (Å²) < 4.78 is 23.8. The quantitative estimate of drug-likeness (QED) is 0.632. The van der Waals surface area contributed by atoms with Crippen LogP contribution in [-0.4, -0.2) is 19.6 Å². The average molecular weight is 379 g/mol. The van der Waals surface area contributed by atoms with Gasteiger partial charge in [-0.25, -0.2) is 4.39 Å². The van der Waals surface area contributed by atoms with Crippen molar-refractivity contribution in [2.24, 2.45) is 0 Å². The molecule has 1 amide bonds. The van der Waals surface area contributed by atoms with E-state index in [1.165, 1.54) is 12.1 Å². The molecule has 0 saturated heterocycles. The van der Waals surface area contributed by atoms with Crippen molar-refractivity contribution in [2.45, 2.75) is 13.0 Å². The van der Waals surface area contributed by atoms with E-state index in [9.17, 15) is 9.18 Å². The third kappa shape index (κ3) is 5.58. The van der Waals surface area contributed by atoms with Crippen LogP contribution in [0.2, 0.25) is 0 Å². The van der Waals surface area contributed by atoms with Crippen molar-refractivity contribution in [3.05, 3.63) is 95.3 Å². The van der Waals surface area contributed by atoms with Gasteiger partial charge in [-0.2, -0.15) is 0 Å². The van der Waals surface area contributed by atoms with Crippen molar-refractivity contribution in [2.75, 3.05) is 13.7 Å². The summed E-state index contributed by atoms with van der Waals surface area (Å²) in [5, 5.41) is 2.92. The van der Waals surface area contributed by atoms with E-state index in [1.807, 2.05) is 24.3 Å². The molecule has 0 aliphatic heterocycles. The molecule has 28 heavy (non-hydrogen) atoms. The molecule has 0 bridgehead atoms. The first-order valence-corrected chi connectivity index (χ1v) is 9.02. The van der Waals surface area contributed by atoms with Crippen LogP contribution in [0.1, 0.15) is 21.5 Å². The fourth-order valence-electron chi connectivity index (χ4n) is 2.69. The van der Waals surface area contributed by atoms with Crippen molar-refractivity contribution in [3.63, 3.8) is 0 Å². The number of halogens is 1. The number of methoxy groups -OCH3 is 1. The molecule has 0 radical (unpaired) electrons. The van der Waals surface area contributed by atoms with E-state index in [0.29, 0.717) is 24.5 Å². The minimum atomic E-state index is -0.281. The lowest BCUT2D eigenvalue weighted by atomic mass is 10.1. The first kappa shape index (κ1) is 19.4. The molecule has 0 aromatic heterocycles. The second kappa shape index (κ2) is 9.55. The maximum absolute atomic E-state index is 12.9. The van der Waals surface area contributed by atoms with E-state index in [0.717, 1.165) is 23.3 Å². The van der Waals surface area contributed by atoms with Gasteiger partial charge in [0.1, 0.15) is 23.9 Å². The van der Waals surface area contributed by atoms with E-state index in [1.54, 1.807) is 43.5 Å². The van der Waals surface area contributed by atoms with Crippen LogP contribution in [0, 0.1) is 5.82 Å². The molecule has 3 aromatic carbocycles. The summed E-state index contributed by atoms with van der Waals surface area (Å²) in [4.78, 5) is 12.4. The molecule has 0 saturated carbocycles. The van der Waals surface area contributed by atoms with Crippen LogP contribution in [0.25, 0.3) is 0 Å². The lowest BCUT2D eigenvalue weighted by Gasteiger charge is -2.09. The van der Waals surface area contributed by atoms with Gasteiger partial charge in [0.2, 0.25) is 0 Å². The number of hydrogen-bond donors (Lipinski definition) is 1. The first-order chi connectivity index (χ1) is 13.6. The highest BCUT2D eigenvalue weighted by molar-refractivity contribution is 5.94. The Bertz CT molecular complexity index is 908. The van der Waals surface area contributed by atoms with Gasteiger partial charge in [0, 0.05) is 12.1 Å². The predicted octanol–water partition coefficient (Wildman–Crippen LogP) is 4.39. The molecule has 0 spiro atoms. The Balaban J connectivity index is 1.50. The number of hydrogen-bond acceptors (Lipinski definition) is 3. The van der Waals surface area contributed by atoms with Crippen LogP contribution < -0.4 is 14.8 Å². The molecule has 0 unspecified atom stereocenters. The molecule has 0 heterocycles. The predicted molar refractivity (Wildman–Crippen MR) is 106 cm³/mol. The normalized spacial score (nSPS) is 10.4.